The van der Waals surface area contributed by atoms with Gasteiger partial charge in [-0.1, -0.05) is 12.1 Å². The van der Waals surface area contributed by atoms with E-state index in [1.54, 1.807) is 0 Å². The van der Waals surface area contributed by atoms with E-state index < -0.39 is 43.1 Å². The van der Waals surface area contributed by atoms with Gasteiger partial charge in [-0.05, 0) is 29.8 Å². The van der Waals surface area contributed by atoms with Crippen LogP contribution in [0.4, 0.5) is 23.2 Å². The van der Waals surface area contributed by atoms with Gasteiger partial charge in [0.15, 0.2) is 0 Å². The van der Waals surface area contributed by atoms with Gasteiger partial charge in [0.2, 0.25) is 15.8 Å². The van der Waals surface area contributed by atoms with Gasteiger partial charge in [0.1, 0.15) is 0 Å². The summed E-state index contributed by atoms with van der Waals surface area (Å²) < 4.78 is 76.7. The zero-order valence-corrected chi connectivity index (χ0v) is 14.0. The number of sulfonamides is 1. The predicted molar refractivity (Wildman–Crippen MR) is 83.2 cm³/mol. The maximum atomic E-state index is 13.3. The number of hydrogen-bond donors (Lipinski definition) is 0. The lowest BCUT2D eigenvalue weighted by atomic mass is 10.1. The summed E-state index contributed by atoms with van der Waals surface area (Å²) in [6.45, 7) is -0.272. The summed E-state index contributed by atoms with van der Waals surface area (Å²) in [7, 11) is -3.05. The van der Waals surface area contributed by atoms with Gasteiger partial charge in [0.05, 0.1) is 15.4 Å². The standard InChI is InChI=1S/C15H12F4N2O4S/c1-20(9-10-2-4-11(5-3-10)15(17,18)19)26(24,25)12-6-7-13(16)14(8-12)21(22)23/h2-8H,9H2,1H3. The Balaban J connectivity index is 2.27. The molecule has 0 aliphatic carbocycles. The SMILES string of the molecule is CN(Cc1ccc(C(F)(F)F)cc1)S(=O)(=O)c1ccc(F)c([N+](=O)[O-])c1. The molecule has 0 heterocycles. The van der Waals surface area contributed by atoms with E-state index >= 15 is 0 Å². The molecule has 0 unspecified atom stereocenters. The van der Waals surface area contributed by atoms with Crippen molar-refractivity contribution in [2.45, 2.75) is 17.6 Å². The van der Waals surface area contributed by atoms with Gasteiger partial charge >= 0.3 is 11.9 Å². The van der Waals surface area contributed by atoms with Crippen LogP contribution >= 0.6 is 0 Å². The van der Waals surface area contributed by atoms with Crippen molar-refractivity contribution in [1.29, 1.82) is 0 Å². The van der Waals surface area contributed by atoms with Gasteiger partial charge < -0.3 is 0 Å². The van der Waals surface area contributed by atoms with E-state index in [-0.39, 0.29) is 12.1 Å². The minimum atomic E-state index is -4.51. The van der Waals surface area contributed by atoms with E-state index in [2.05, 4.69) is 0 Å². The highest BCUT2D eigenvalue weighted by Gasteiger charge is 2.30. The average molecular weight is 392 g/mol. The van der Waals surface area contributed by atoms with Crippen molar-refractivity contribution >= 4 is 15.7 Å². The monoisotopic (exact) mass is 392 g/mol. The molecule has 2 rings (SSSR count). The van der Waals surface area contributed by atoms with Gasteiger partial charge in [-0.15, -0.1) is 0 Å². The molecule has 0 aliphatic rings. The molecule has 0 atom stereocenters. The molecule has 6 nitrogen and oxygen atoms in total. The van der Waals surface area contributed by atoms with Crippen molar-refractivity contribution in [1.82, 2.24) is 4.31 Å². The number of nitro groups is 1. The molecule has 0 N–H and O–H groups in total. The zero-order chi connectivity index (χ0) is 19.7. The van der Waals surface area contributed by atoms with E-state index in [1.165, 1.54) is 0 Å². The van der Waals surface area contributed by atoms with Crippen LogP contribution < -0.4 is 0 Å². The summed E-state index contributed by atoms with van der Waals surface area (Å²) in [5.41, 5.74) is -1.59. The van der Waals surface area contributed by atoms with E-state index in [1.807, 2.05) is 0 Å². The second kappa shape index (κ2) is 7.00. The van der Waals surface area contributed by atoms with Crippen LogP contribution in [0.3, 0.4) is 0 Å². The average Bonchev–Trinajstić information content (AvgIpc) is 2.54. The van der Waals surface area contributed by atoms with Gasteiger partial charge in [0.25, 0.3) is 0 Å². The van der Waals surface area contributed by atoms with Gasteiger partial charge in [-0.25, -0.2) is 8.42 Å². The minimum absolute atomic E-state index is 0.272. The molecule has 0 aromatic heterocycles. The highest BCUT2D eigenvalue weighted by atomic mass is 32.2. The molecule has 2 aromatic rings. The Bertz CT molecular complexity index is 928. The van der Waals surface area contributed by atoms with Gasteiger partial charge in [-0.3, -0.25) is 10.1 Å². The smallest absolute Gasteiger partial charge is 0.258 e. The van der Waals surface area contributed by atoms with Crippen LogP contribution in [0.2, 0.25) is 0 Å². The van der Waals surface area contributed by atoms with E-state index in [0.29, 0.717) is 12.1 Å². The number of benzene rings is 2. The fourth-order valence-electron chi connectivity index (χ4n) is 2.11. The largest absolute Gasteiger partial charge is 0.416 e. The van der Waals surface area contributed by atoms with Crippen LogP contribution in [0, 0.1) is 15.9 Å². The summed E-state index contributed by atoms with van der Waals surface area (Å²) in [4.78, 5) is 9.19. The van der Waals surface area contributed by atoms with Crippen LogP contribution in [-0.4, -0.2) is 24.7 Å². The van der Waals surface area contributed by atoms with Crippen LogP contribution in [0.5, 0.6) is 0 Å². The van der Waals surface area contributed by atoms with Gasteiger partial charge in [0, 0.05) is 19.7 Å². The third-order valence-corrected chi connectivity index (χ3v) is 5.31. The molecule has 0 radical (unpaired) electrons. The topological polar surface area (TPSA) is 80.5 Å². The molecule has 0 bridgehead atoms. The Morgan fingerprint density at radius 2 is 1.69 bits per heavy atom. The molecule has 0 fully saturated rings. The molecular formula is C15H12F4N2O4S. The van der Waals surface area contributed by atoms with Crippen molar-refractivity contribution in [2.75, 3.05) is 7.05 Å². The third kappa shape index (κ3) is 4.17. The van der Waals surface area contributed by atoms with Crippen molar-refractivity contribution in [2.24, 2.45) is 0 Å². The highest BCUT2D eigenvalue weighted by Crippen LogP contribution is 2.29. The molecule has 0 saturated carbocycles. The maximum absolute atomic E-state index is 13.3. The number of alkyl halides is 3. The van der Waals surface area contributed by atoms with Crippen LogP contribution in [-0.2, 0) is 22.7 Å². The van der Waals surface area contributed by atoms with Crippen molar-refractivity contribution in [3.05, 3.63) is 69.5 Å². The molecule has 11 heteroatoms. The van der Waals surface area contributed by atoms with Crippen LogP contribution in [0.25, 0.3) is 0 Å². The Morgan fingerprint density at radius 1 is 1.12 bits per heavy atom. The number of hydrogen-bond acceptors (Lipinski definition) is 4. The quantitative estimate of drug-likeness (QED) is 0.443. The number of halogens is 4. The minimum Gasteiger partial charge on any atom is -0.258 e. The molecule has 140 valence electrons. The van der Waals surface area contributed by atoms with Crippen LogP contribution in [0.1, 0.15) is 11.1 Å². The molecule has 0 saturated heterocycles. The molecular weight excluding hydrogens is 380 g/mol. The number of rotatable bonds is 5. The van der Waals surface area contributed by atoms with E-state index in [9.17, 15) is 36.1 Å². The lowest BCUT2D eigenvalue weighted by molar-refractivity contribution is -0.387. The predicted octanol–water partition coefficient (Wildman–Crippen LogP) is 3.57. The number of nitrogens with zero attached hydrogens (tertiary/aromatic N) is 2. The summed E-state index contributed by atoms with van der Waals surface area (Å²) >= 11 is 0. The summed E-state index contributed by atoms with van der Waals surface area (Å²) in [6, 6.07) is 6.02. The first kappa shape index (κ1) is 19.8. The fraction of sp³-hybridized carbons (Fsp3) is 0.200. The number of nitro benzene ring substituents is 1. The highest BCUT2D eigenvalue weighted by molar-refractivity contribution is 7.89. The summed E-state index contributed by atoms with van der Waals surface area (Å²) in [6.07, 6.45) is -4.51. The maximum Gasteiger partial charge on any atom is 0.416 e. The third-order valence-electron chi connectivity index (χ3n) is 3.51. The fourth-order valence-corrected chi connectivity index (χ4v) is 3.29. The van der Waals surface area contributed by atoms with E-state index in [4.69, 9.17) is 0 Å². The second-order valence-corrected chi connectivity index (χ2v) is 7.37. The normalized spacial score (nSPS) is 12.4. The molecule has 26 heavy (non-hydrogen) atoms. The molecule has 0 spiro atoms. The van der Waals surface area contributed by atoms with Crippen LogP contribution in [0.15, 0.2) is 47.4 Å². The Morgan fingerprint density at radius 3 is 2.19 bits per heavy atom. The van der Waals surface area contributed by atoms with Crippen molar-refractivity contribution in [3.63, 3.8) is 0 Å². The Kier molecular flexibility index (Phi) is 5.33. The first-order valence-electron chi connectivity index (χ1n) is 6.99. The van der Waals surface area contributed by atoms with Crippen molar-refractivity contribution < 1.29 is 30.9 Å². The summed E-state index contributed by atoms with van der Waals surface area (Å²) in [5.74, 6) is -1.18. The Hall–Kier alpha value is -2.53. The molecule has 0 aliphatic heterocycles. The molecule has 0 amide bonds. The lowest BCUT2D eigenvalue weighted by Crippen LogP contribution is -2.26. The second-order valence-electron chi connectivity index (χ2n) is 5.33. The molecule has 2 aromatic carbocycles. The zero-order valence-electron chi connectivity index (χ0n) is 13.2. The van der Waals surface area contributed by atoms with Gasteiger partial charge in [-0.2, -0.15) is 21.9 Å². The lowest BCUT2D eigenvalue weighted by Gasteiger charge is -2.17. The van der Waals surface area contributed by atoms with E-state index in [0.717, 1.165) is 41.7 Å². The first-order valence-corrected chi connectivity index (χ1v) is 8.43. The summed E-state index contributed by atoms with van der Waals surface area (Å²) in [5, 5.41) is 10.7. The van der Waals surface area contributed by atoms with Crippen molar-refractivity contribution in [3.8, 4) is 0 Å². The first-order chi connectivity index (χ1) is 11.9. The Labute approximate surface area is 145 Å².